The lowest BCUT2D eigenvalue weighted by atomic mass is 9.88. The highest BCUT2D eigenvalue weighted by molar-refractivity contribution is 7.89. The summed E-state index contributed by atoms with van der Waals surface area (Å²) in [7, 11) is -3.48. The van der Waals surface area contributed by atoms with Gasteiger partial charge in [-0.05, 0) is 36.8 Å². The second-order valence-corrected chi connectivity index (χ2v) is 7.56. The van der Waals surface area contributed by atoms with Crippen LogP contribution < -0.4 is 0 Å². The molecule has 0 spiro atoms. The van der Waals surface area contributed by atoms with E-state index in [1.165, 1.54) is 9.87 Å². The Bertz CT molecular complexity index is 637. The summed E-state index contributed by atoms with van der Waals surface area (Å²) in [4.78, 5) is 0. The molecule has 6 heteroatoms. The van der Waals surface area contributed by atoms with Gasteiger partial charge in [0.15, 0.2) is 0 Å². The maximum Gasteiger partial charge on any atom is 0.214 e. The number of aliphatic hydroxyl groups excluding tert-OH is 1. The Labute approximate surface area is 132 Å². The number of aliphatic hydroxyl groups is 1. The molecule has 0 radical (unpaired) electrons. The van der Waals surface area contributed by atoms with Crippen molar-refractivity contribution in [3.8, 4) is 6.07 Å². The largest absolute Gasteiger partial charge is 0.395 e. The highest BCUT2D eigenvalue weighted by Gasteiger charge is 2.32. The summed E-state index contributed by atoms with van der Waals surface area (Å²) in [5.74, 6) is -0.0424. The van der Waals surface area contributed by atoms with E-state index >= 15 is 0 Å². The maximum atomic E-state index is 12.6. The molecule has 0 saturated carbocycles. The number of nitrogens with zero attached hydrogens (tertiary/aromatic N) is 2. The Hall–Kier alpha value is -1.42. The van der Waals surface area contributed by atoms with Gasteiger partial charge in [0.05, 0.1) is 24.5 Å². The molecule has 1 atom stereocenters. The minimum Gasteiger partial charge on any atom is -0.395 e. The van der Waals surface area contributed by atoms with Gasteiger partial charge in [0.2, 0.25) is 10.0 Å². The van der Waals surface area contributed by atoms with Crippen molar-refractivity contribution in [2.24, 2.45) is 0 Å². The van der Waals surface area contributed by atoms with Gasteiger partial charge in [0, 0.05) is 13.0 Å². The van der Waals surface area contributed by atoms with Crippen molar-refractivity contribution in [1.82, 2.24) is 4.31 Å². The zero-order chi connectivity index (χ0) is 16.0. The molecule has 0 saturated heterocycles. The third-order valence-electron chi connectivity index (χ3n) is 4.05. The van der Waals surface area contributed by atoms with E-state index < -0.39 is 10.0 Å². The first-order valence-electron chi connectivity index (χ1n) is 7.65. The second kappa shape index (κ2) is 7.73. The smallest absolute Gasteiger partial charge is 0.214 e. The summed E-state index contributed by atoms with van der Waals surface area (Å²) in [6.45, 7) is -0.0932. The number of fused-ring (bicyclic) bond motifs is 1. The summed E-state index contributed by atoms with van der Waals surface area (Å²) in [6, 6.07) is 9.69. The lowest BCUT2D eigenvalue weighted by Crippen LogP contribution is -2.39. The van der Waals surface area contributed by atoms with Gasteiger partial charge in [-0.1, -0.05) is 24.3 Å². The van der Waals surface area contributed by atoms with Crippen molar-refractivity contribution in [3.63, 3.8) is 0 Å². The Morgan fingerprint density at radius 3 is 2.86 bits per heavy atom. The number of nitriles is 1. The molecule has 22 heavy (non-hydrogen) atoms. The van der Waals surface area contributed by atoms with E-state index in [9.17, 15) is 13.5 Å². The first kappa shape index (κ1) is 16.9. The molecule has 0 heterocycles. The molecular weight excluding hydrogens is 300 g/mol. The summed E-state index contributed by atoms with van der Waals surface area (Å²) in [5, 5.41) is 17.9. The van der Waals surface area contributed by atoms with E-state index in [1.807, 2.05) is 30.3 Å². The van der Waals surface area contributed by atoms with Crippen molar-refractivity contribution in [1.29, 1.82) is 5.26 Å². The molecule has 1 N–H and O–H groups in total. The summed E-state index contributed by atoms with van der Waals surface area (Å²) in [6.07, 6.45) is 3.24. The fourth-order valence-corrected chi connectivity index (χ4v) is 4.78. The van der Waals surface area contributed by atoms with E-state index in [4.69, 9.17) is 5.26 Å². The van der Waals surface area contributed by atoms with Gasteiger partial charge in [0.1, 0.15) is 0 Å². The molecule has 0 amide bonds. The van der Waals surface area contributed by atoms with Crippen LogP contribution >= 0.6 is 0 Å². The van der Waals surface area contributed by atoms with Crippen LogP contribution in [0.3, 0.4) is 0 Å². The van der Waals surface area contributed by atoms with Gasteiger partial charge < -0.3 is 5.11 Å². The molecule has 1 aliphatic rings. The lowest BCUT2D eigenvalue weighted by molar-refractivity contribution is 0.215. The van der Waals surface area contributed by atoms with Crippen LogP contribution in [0.2, 0.25) is 0 Å². The fraction of sp³-hybridized carbons (Fsp3) is 0.562. The van der Waals surface area contributed by atoms with Crippen LogP contribution in [0.1, 0.15) is 42.9 Å². The Morgan fingerprint density at radius 1 is 1.36 bits per heavy atom. The van der Waals surface area contributed by atoms with E-state index in [0.717, 1.165) is 24.8 Å². The quantitative estimate of drug-likeness (QED) is 0.778. The van der Waals surface area contributed by atoms with Gasteiger partial charge in [-0.15, -0.1) is 0 Å². The SMILES string of the molecule is N#CCCCS(=O)(=O)N(CCO)C1CCCc2ccccc21. The predicted octanol–water partition coefficient (Wildman–Crippen LogP) is 1.99. The minimum atomic E-state index is -3.48. The molecule has 0 aromatic heterocycles. The molecular formula is C16H22N2O3S. The van der Waals surface area contributed by atoms with Gasteiger partial charge in [-0.2, -0.15) is 9.57 Å². The normalized spacial score (nSPS) is 18.0. The van der Waals surface area contributed by atoms with E-state index in [2.05, 4.69) is 0 Å². The van der Waals surface area contributed by atoms with Crippen LogP contribution in [0.5, 0.6) is 0 Å². The van der Waals surface area contributed by atoms with Crippen molar-refractivity contribution in [3.05, 3.63) is 35.4 Å². The summed E-state index contributed by atoms with van der Waals surface area (Å²) >= 11 is 0. The van der Waals surface area contributed by atoms with Crippen LogP contribution in [-0.2, 0) is 16.4 Å². The molecule has 0 aliphatic heterocycles. The van der Waals surface area contributed by atoms with Crippen LogP contribution in [0.25, 0.3) is 0 Å². The Kier molecular flexibility index (Phi) is 5.95. The average molecular weight is 322 g/mol. The molecule has 2 rings (SSSR count). The van der Waals surface area contributed by atoms with Crippen LogP contribution in [0.15, 0.2) is 24.3 Å². The van der Waals surface area contributed by atoms with Gasteiger partial charge in [-0.25, -0.2) is 8.42 Å². The third-order valence-corrected chi connectivity index (χ3v) is 6.01. The van der Waals surface area contributed by atoms with Gasteiger partial charge in [-0.3, -0.25) is 0 Å². The molecule has 0 bridgehead atoms. The molecule has 120 valence electrons. The number of benzene rings is 1. The van der Waals surface area contributed by atoms with E-state index in [0.29, 0.717) is 6.42 Å². The average Bonchev–Trinajstić information content (AvgIpc) is 2.52. The number of rotatable bonds is 7. The number of aryl methyl sites for hydroxylation is 1. The molecule has 5 nitrogen and oxygen atoms in total. The predicted molar refractivity (Wildman–Crippen MR) is 84.5 cm³/mol. The summed E-state index contributed by atoms with van der Waals surface area (Å²) < 4.78 is 26.7. The van der Waals surface area contributed by atoms with Crippen LogP contribution in [-0.4, -0.2) is 36.7 Å². The maximum absolute atomic E-state index is 12.6. The molecule has 1 unspecified atom stereocenters. The minimum absolute atomic E-state index is 0.0424. The zero-order valence-corrected chi connectivity index (χ0v) is 13.4. The third kappa shape index (κ3) is 3.86. The number of unbranched alkanes of at least 4 members (excludes halogenated alkanes) is 1. The first-order chi connectivity index (χ1) is 10.6. The van der Waals surface area contributed by atoms with Crippen molar-refractivity contribution in [2.75, 3.05) is 18.9 Å². The highest BCUT2D eigenvalue weighted by atomic mass is 32.2. The van der Waals surface area contributed by atoms with Gasteiger partial charge in [0.25, 0.3) is 0 Å². The monoisotopic (exact) mass is 322 g/mol. The number of hydrogen-bond acceptors (Lipinski definition) is 4. The molecule has 0 fully saturated rings. The molecule has 1 aliphatic carbocycles. The molecule has 1 aromatic carbocycles. The Balaban J connectivity index is 2.27. The van der Waals surface area contributed by atoms with E-state index in [1.54, 1.807) is 0 Å². The summed E-state index contributed by atoms with van der Waals surface area (Å²) in [5.41, 5.74) is 2.24. The first-order valence-corrected chi connectivity index (χ1v) is 9.26. The van der Waals surface area contributed by atoms with Crippen molar-refractivity contribution >= 4 is 10.0 Å². The number of hydrogen-bond donors (Lipinski definition) is 1. The van der Waals surface area contributed by atoms with Crippen LogP contribution in [0, 0.1) is 11.3 Å². The number of sulfonamides is 1. The van der Waals surface area contributed by atoms with Crippen molar-refractivity contribution in [2.45, 2.75) is 38.1 Å². The topological polar surface area (TPSA) is 81.4 Å². The fourth-order valence-electron chi connectivity index (χ4n) is 3.07. The standard InChI is InChI=1S/C16H22N2O3S/c17-10-3-4-13-22(20,21)18(11-12-19)16-9-5-7-14-6-1-2-8-15(14)16/h1-2,6,8,16,19H,3-5,7,9,11-13H2. The Morgan fingerprint density at radius 2 is 2.14 bits per heavy atom. The molecule has 1 aromatic rings. The van der Waals surface area contributed by atoms with E-state index in [-0.39, 0.29) is 31.4 Å². The van der Waals surface area contributed by atoms with Crippen molar-refractivity contribution < 1.29 is 13.5 Å². The van der Waals surface area contributed by atoms with Crippen LogP contribution in [0.4, 0.5) is 0 Å². The zero-order valence-electron chi connectivity index (χ0n) is 12.6. The second-order valence-electron chi connectivity index (χ2n) is 5.52. The van der Waals surface area contributed by atoms with Gasteiger partial charge >= 0.3 is 0 Å². The highest BCUT2D eigenvalue weighted by Crippen LogP contribution is 2.35. The lowest BCUT2D eigenvalue weighted by Gasteiger charge is -2.34.